The molecule has 2 unspecified atom stereocenters. The van der Waals surface area contributed by atoms with Crippen LogP contribution >= 0.6 is 7.82 Å². The Balaban J connectivity index is 4.35. The number of phosphoric acid groups is 1. The summed E-state index contributed by atoms with van der Waals surface area (Å²) in [6.45, 7) is 3.39. The molecule has 0 amide bonds. The maximum absolute atomic E-state index is 12.5. The van der Waals surface area contributed by atoms with E-state index in [0.717, 1.165) is 38.5 Å². The Morgan fingerprint density at radius 2 is 1.29 bits per heavy atom. The molecule has 10 nitrogen and oxygen atoms in total. The van der Waals surface area contributed by atoms with Crippen LogP contribution in [0, 0.1) is 0 Å². The Morgan fingerprint density at radius 3 is 1.94 bits per heavy atom. The minimum atomic E-state index is -4.39. The van der Waals surface area contributed by atoms with Crippen molar-refractivity contribution in [2.24, 2.45) is 5.73 Å². The van der Waals surface area contributed by atoms with Gasteiger partial charge in [0, 0.05) is 19.4 Å². The Morgan fingerprint density at radius 1 is 0.706 bits per heavy atom. The third-order valence-electron chi connectivity index (χ3n) is 7.74. The summed E-state index contributed by atoms with van der Waals surface area (Å²) in [7, 11) is -4.39. The molecule has 0 saturated carbocycles. The van der Waals surface area contributed by atoms with Crippen molar-refractivity contribution in [1.29, 1.82) is 0 Å². The molecule has 0 fully saturated rings. The van der Waals surface area contributed by atoms with E-state index in [4.69, 9.17) is 24.3 Å². The molecular weight excluding hydrogens is 669 g/mol. The first-order valence-electron chi connectivity index (χ1n) is 19.4. The fraction of sp³-hybridized carbons (Fsp3) is 0.700. The van der Waals surface area contributed by atoms with Crippen molar-refractivity contribution >= 4 is 19.8 Å². The van der Waals surface area contributed by atoms with Gasteiger partial charge in [0.2, 0.25) is 0 Å². The van der Waals surface area contributed by atoms with Crippen LogP contribution in [0.3, 0.4) is 0 Å². The maximum atomic E-state index is 12.5. The van der Waals surface area contributed by atoms with E-state index >= 15 is 0 Å². The SMILES string of the molecule is CC/C=C\C(O)C/C=C/C=C\C/C=C\C/C=C\CCCC(=O)OC[C@H](COP(=O)(O)OCCN)OC(=O)CCCCCCCCCCCCCC. The summed E-state index contributed by atoms with van der Waals surface area (Å²) in [4.78, 5) is 34.7. The van der Waals surface area contributed by atoms with Crippen LogP contribution < -0.4 is 5.73 Å². The standard InChI is InChI=1S/C40H70NO9P/c1-3-5-7-8-9-10-11-15-19-22-25-28-32-40(44)50-38(36-49-51(45,46)48-34-33-41)35-47-39(43)31-27-24-21-18-16-13-12-14-17-20-23-26-30-37(42)29-6-4-2/h6,12-13,17-18,20-21,23,26,29,37-38,42H,3-5,7-11,14-16,19,22,24-25,27-28,30-36,41H2,1-2H3,(H,45,46)/b13-12-,20-17-,21-18-,26-23+,29-6-/t37?,38-/m1/s1. The van der Waals surface area contributed by atoms with E-state index in [1.165, 1.54) is 51.4 Å². The molecule has 51 heavy (non-hydrogen) atoms. The zero-order chi connectivity index (χ0) is 37.7. The van der Waals surface area contributed by atoms with Crippen LogP contribution in [0.2, 0.25) is 0 Å². The van der Waals surface area contributed by atoms with Gasteiger partial charge in [-0.25, -0.2) is 4.57 Å². The third kappa shape index (κ3) is 35.8. The van der Waals surface area contributed by atoms with Crippen LogP contribution in [-0.2, 0) is 32.7 Å². The molecule has 294 valence electrons. The van der Waals surface area contributed by atoms with Crippen molar-refractivity contribution in [2.75, 3.05) is 26.4 Å². The molecule has 4 N–H and O–H groups in total. The van der Waals surface area contributed by atoms with E-state index in [1.54, 1.807) is 0 Å². The molecule has 0 aromatic carbocycles. The first-order valence-corrected chi connectivity index (χ1v) is 20.9. The number of unbranched alkanes of at least 4 members (excludes halogenated alkanes) is 12. The van der Waals surface area contributed by atoms with Crippen molar-refractivity contribution in [3.63, 3.8) is 0 Å². The van der Waals surface area contributed by atoms with Crippen molar-refractivity contribution in [3.8, 4) is 0 Å². The molecule has 0 rings (SSSR count). The Kier molecular flexibility index (Phi) is 34.4. The number of nitrogens with two attached hydrogens (primary N) is 1. The number of rotatable bonds is 35. The van der Waals surface area contributed by atoms with Gasteiger partial charge < -0.3 is 25.2 Å². The van der Waals surface area contributed by atoms with Gasteiger partial charge in [-0.15, -0.1) is 0 Å². The van der Waals surface area contributed by atoms with Crippen molar-refractivity contribution in [2.45, 2.75) is 154 Å². The second-order valence-corrected chi connectivity index (χ2v) is 14.1. The fourth-order valence-electron chi connectivity index (χ4n) is 4.87. The van der Waals surface area contributed by atoms with Gasteiger partial charge in [0.15, 0.2) is 6.10 Å². The molecule has 0 aromatic rings. The largest absolute Gasteiger partial charge is 0.472 e. The average Bonchev–Trinajstić information content (AvgIpc) is 3.11. The van der Waals surface area contributed by atoms with Gasteiger partial charge in [-0.3, -0.25) is 18.6 Å². The number of carbonyl (C=O) groups excluding carboxylic acids is 2. The van der Waals surface area contributed by atoms with Gasteiger partial charge in [0.25, 0.3) is 0 Å². The van der Waals surface area contributed by atoms with Gasteiger partial charge in [0.1, 0.15) is 6.61 Å². The van der Waals surface area contributed by atoms with Crippen LogP contribution in [0.25, 0.3) is 0 Å². The number of aliphatic hydroxyl groups is 1. The quantitative estimate of drug-likeness (QED) is 0.0188. The van der Waals surface area contributed by atoms with E-state index in [-0.39, 0.29) is 32.6 Å². The highest BCUT2D eigenvalue weighted by atomic mass is 31.2. The Bertz CT molecular complexity index is 1040. The van der Waals surface area contributed by atoms with Crippen LogP contribution in [-0.4, -0.2) is 60.5 Å². The molecule has 0 aliphatic heterocycles. The van der Waals surface area contributed by atoms with Crippen LogP contribution in [0.15, 0.2) is 60.8 Å². The Hall–Kier alpha value is -2.33. The summed E-state index contributed by atoms with van der Waals surface area (Å²) in [5, 5.41) is 9.74. The van der Waals surface area contributed by atoms with E-state index in [0.29, 0.717) is 25.7 Å². The number of hydrogen-bond donors (Lipinski definition) is 3. The highest BCUT2D eigenvalue weighted by molar-refractivity contribution is 7.47. The van der Waals surface area contributed by atoms with Gasteiger partial charge in [0.05, 0.1) is 19.3 Å². The summed E-state index contributed by atoms with van der Waals surface area (Å²) < 4.78 is 32.6. The highest BCUT2D eigenvalue weighted by Crippen LogP contribution is 2.43. The lowest BCUT2D eigenvalue weighted by Gasteiger charge is -2.19. The van der Waals surface area contributed by atoms with Gasteiger partial charge in [-0.1, -0.05) is 145 Å². The van der Waals surface area contributed by atoms with Crippen molar-refractivity contribution in [3.05, 3.63) is 60.8 Å². The summed E-state index contributed by atoms with van der Waals surface area (Å²) >= 11 is 0. The Labute approximate surface area is 309 Å². The first kappa shape index (κ1) is 48.7. The molecular formula is C40H70NO9P. The molecule has 0 radical (unpaired) electrons. The fourth-order valence-corrected chi connectivity index (χ4v) is 5.63. The van der Waals surface area contributed by atoms with E-state index in [2.05, 4.69) is 19.1 Å². The normalized spacial score (nSPS) is 14.7. The second-order valence-electron chi connectivity index (χ2n) is 12.6. The van der Waals surface area contributed by atoms with Crippen molar-refractivity contribution in [1.82, 2.24) is 0 Å². The average molecular weight is 740 g/mol. The molecule has 0 aliphatic carbocycles. The molecule has 11 heteroatoms. The maximum Gasteiger partial charge on any atom is 0.472 e. The predicted octanol–water partition coefficient (Wildman–Crippen LogP) is 9.52. The first-order chi connectivity index (χ1) is 24.7. The van der Waals surface area contributed by atoms with E-state index in [1.807, 2.05) is 55.5 Å². The van der Waals surface area contributed by atoms with Crippen LogP contribution in [0.4, 0.5) is 0 Å². The number of allylic oxidation sites excluding steroid dienone is 8. The van der Waals surface area contributed by atoms with Crippen molar-refractivity contribution < 1.29 is 42.7 Å². The van der Waals surface area contributed by atoms with E-state index in [9.17, 15) is 24.2 Å². The zero-order valence-corrected chi connectivity index (χ0v) is 32.6. The minimum Gasteiger partial charge on any atom is -0.462 e. The molecule has 0 saturated heterocycles. The monoisotopic (exact) mass is 739 g/mol. The van der Waals surface area contributed by atoms with Crippen LogP contribution in [0.1, 0.15) is 142 Å². The number of hydrogen-bond acceptors (Lipinski definition) is 9. The number of esters is 2. The number of aliphatic hydroxyl groups excluding tert-OH is 1. The highest BCUT2D eigenvalue weighted by Gasteiger charge is 2.25. The molecule has 3 atom stereocenters. The smallest absolute Gasteiger partial charge is 0.462 e. The van der Waals surface area contributed by atoms with Gasteiger partial charge in [-0.05, 0) is 44.9 Å². The minimum absolute atomic E-state index is 0.0377. The summed E-state index contributed by atoms with van der Waals surface area (Å²) in [6, 6.07) is 0. The molecule has 0 aromatic heterocycles. The summed E-state index contributed by atoms with van der Waals surface area (Å²) in [6.07, 6.45) is 37.4. The lowest BCUT2D eigenvalue weighted by atomic mass is 10.0. The molecule has 0 aliphatic rings. The lowest BCUT2D eigenvalue weighted by Crippen LogP contribution is -2.29. The second kappa shape index (κ2) is 36.0. The molecule has 0 heterocycles. The molecule has 0 bridgehead atoms. The predicted molar refractivity (Wildman–Crippen MR) is 207 cm³/mol. The number of phosphoric ester groups is 1. The topological polar surface area (TPSA) is 155 Å². The third-order valence-corrected chi connectivity index (χ3v) is 8.73. The van der Waals surface area contributed by atoms with E-state index < -0.39 is 38.6 Å². The number of ether oxygens (including phenoxy) is 2. The number of carbonyl (C=O) groups is 2. The summed E-state index contributed by atoms with van der Waals surface area (Å²) in [5.74, 6) is -0.925. The summed E-state index contributed by atoms with van der Waals surface area (Å²) in [5.41, 5.74) is 5.32. The van der Waals surface area contributed by atoms with Crippen LogP contribution in [0.5, 0.6) is 0 Å². The lowest BCUT2D eigenvalue weighted by molar-refractivity contribution is -0.161. The van der Waals surface area contributed by atoms with Gasteiger partial charge in [-0.2, -0.15) is 0 Å². The molecule has 0 spiro atoms. The van der Waals surface area contributed by atoms with Gasteiger partial charge >= 0.3 is 19.8 Å². The zero-order valence-electron chi connectivity index (χ0n) is 31.7.